The van der Waals surface area contributed by atoms with Gasteiger partial charge in [0.05, 0.1) is 5.60 Å². The lowest BCUT2D eigenvalue weighted by molar-refractivity contribution is -0.271. The Bertz CT molecular complexity index is 895. The van der Waals surface area contributed by atoms with Crippen molar-refractivity contribution in [2.75, 3.05) is 0 Å². The second-order valence-electron chi connectivity index (χ2n) is 14.9. The van der Waals surface area contributed by atoms with E-state index < -0.39 is 17.3 Å². The molecular weight excluding hydrogens is 480 g/mol. The Morgan fingerprint density at radius 3 is 2.21 bits per heavy atom. The molecule has 4 fully saturated rings. The van der Waals surface area contributed by atoms with Gasteiger partial charge < -0.3 is 19.7 Å². The van der Waals surface area contributed by atoms with Crippen molar-refractivity contribution in [1.29, 1.82) is 0 Å². The van der Waals surface area contributed by atoms with Crippen LogP contribution in [0.3, 0.4) is 0 Å². The normalized spacial score (nSPS) is 44.3. The van der Waals surface area contributed by atoms with Crippen LogP contribution in [0.15, 0.2) is 0 Å². The summed E-state index contributed by atoms with van der Waals surface area (Å²) in [5.41, 5.74) is -1.96. The number of hydrogen-bond acceptors (Lipinski definition) is 6. The van der Waals surface area contributed by atoms with Crippen LogP contribution < -0.4 is 0 Å². The van der Waals surface area contributed by atoms with Crippen LogP contribution in [-0.2, 0) is 19.1 Å². The number of ether oxygens (including phenoxy) is 2. The molecular formula is C32H54O6. The van der Waals surface area contributed by atoms with Gasteiger partial charge in [0.2, 0.25) is 0 Å². The van der Waals surface area contributed by atoms with E-state index >= 15 is 0 Å². The number of aliphatic hydroxyl groups is 2. The molecule has 0 unspecified atom stereocenters. The largest absolute Gasteiger partial charge is 0.462 e. The SMILES string of the molecule is CC(=O)O[C@H]1CC[C@]2(C)[C@H]3CC[C@]4(C)[C@@H]([C@H](C)CC[C@H](C)C(C)(C)O)CC[C@H]4[C@@H]3C[C@@H](OC(C)=O)[C@@]2(O)C1. The number of rotatable bonds is 7. The third-order valence-electron chi connectivity index (χ3n) is 12.4. The van der Waals surface area contributed by atoms with Crippen LogP contribution in [0.2, 0.25) is 0 Å². The van der Waals surface area contributed by atoms with Gasteiger partial charge in [0.25, 0.3) is 0 Å². The van der Waals surface area contributed by atoms with Crippen LogP contribution in [-0.4, -0.2) is 45.6 Å². The van der Waals surface area contributed by atoms with Gasteiger partial charge in [0.1, 0.15) is 17.8 Å². The number of hydrogen-bond donors (Lipinski definition) is 2. The highest BCUT2D eigenvalue weighted by Gasteiger charge is 2.68. The lowest BCUT2D eigenvalue weighted by Gasteiger charge is -2.65. The molecule has 0 saturated heterocycles. The van der Waals surface area contributed by atoms with Crippen LogP contribution in [0.4, 0.5) is 0 Å². The fraction of sp³-hybridized carbons (Fsp3) is 0.938. The summed E-state index contributed by atoms with van der Waals surface area (Å²) >= 11 is 0. The van der Waals surface area contributed by atoms with Gasteiger partial charge in [-0.15, -0.1) is 0 Å². The molecule has 4 aliphatic rings. The molecule has 0 aliphatic heterocycles. The fourth-order valence-electron chi connectivity index (χ4n) is 9.94. The zero-order valence-corrected chi connectivity index (χ0v) is 25.2. The second kappa shape index (κ2) is 10.4. The molecule has 0 aromatic rings. The first-order chi connectivity index (χ1) is 17.5. The van der Waals surface area contributed by atoms with Crippen molar-refractivity contribution in [3.8, 4) is 0 Å². The molecule has 11 atom stereocenters. The summed E-state index contributed by atoms with van der Waals surface area (Å²) in [4.78, 5) is 24.0. The summed E-state index contributed by atoms with van der Waals surface area (Å²) < 4.78 is 11.5. The van der Waals surface area contributed by atoms with Gasteiger partial charge in [-0.3, -0.25) is 9.59 Å². The van der Waals surface area contributed by atoms with Crippen LogP contribution >= 0.6 is 0 Å². The van der Waals surface area contributed by atoms with Crippen molar-refractivity contribution in [3.63, 3.8) is 0 Å². The zero-order chi connectivity index (χ0) is 28.3. The van der Waals surface area contributed by atoms with Crippen molar-refractivity contribution < 1.29 is 29.3 Å². The van der Waals surface area contributed by atoms with Crippen LogP contribution in [0.1, 0.15) is 120 Å². The number of esters is 2. The van der Waals surface area contributed by atoms with Crippen molar-refractivity contribution in [3.05, 3.63) is 0 Å². The van der Waals surface area contributed by atoms with E-state index in [4.69, 9.17) is 9.47 Å². The van der Waals surface area contributed by atoms with E-state index in [9.17, 15) is 19.8 Å². The summed E-state index contributed by atoms with van der Waals surface area (Å²) in [7, 11) is 0. The van der Waals surface area contributed by atoms with Crippen molar-refractivity contribution in [2.24, 2.45) is 46.3 Å². The third-order valence-corrected chi connectivity index (χ3v) is 12.4. The maximum absolute atomic E-state index is 12.3. The summed E-state index contributed by atoms with van der Waals surface area (Å²) in [5, 5.41) is 22.8. The van der Waals surface area contributed by atoms with Gasteiger partial charge in [0.15, 0.2) is 0 Å². The first-order valence-electron chi connectivity index (χ1n) is 15.3. The van der Waals surface area contributed by atoms with E-state index in [0.717, 1.165) is 32.1 Å². The molecule has 4 aliphatic carbocycles. The molecule has 4 rings (SSSR count). The minimum absolute atomic E-state index is 0.250. The number of carbonyl (C=O) groups excluding carboxylic acids is 2. The third kappa shape index (κ3) is 5.06. The van der Waals surface area contributed by atoms with Gasteiger partial charge in [-0.2, -0.15) is 0 Å². The monoisotopic (exact) mass is 534 g/mol. The molecule has 0 spiro atoms. The zero-order valence-electron chi connectivity index (χ0n) is 25.2. The predicted molar refractivity (Wildman–Crippen MR) is 147 cm³/mol. The van der Waals surface area contributed by atoms with Crippen molar-refractivity contribution in [2.45, 2.75) is 143 Å². The minimum atomic E-state index is -1.19. The van der Waals surface area contributed by atoms with Gasteiger partial charge in [-0.1, -0.05) is 34.1 Å². The molecule has 6 nitrogen and oxygen atoms in total. The molecule has 6 heteroatoms. The summed E-state index contributed by atoms with van der Waals surface area (Å²) in [6, 6.07) is 0. The Morgan fingerprint density at radius 1 is 0.947 bits per heavy atom. The molecule has 218 valence electrons. The Hall–Kier alpha value is -1.14. The van der Waals surface area contributed by atoms with E-state index in [0.29, 0.717) is 42.4 Å². The molecule has 0 radical (unpaired) electrons. The summed E-state index contributed by atoms with van der Waals surface area (Å²) in [5.74, 6) is 2.21. The maximum Gasteiger partial charge on any atom is 0.303 e. The molecule has 0 bridgehead atoms. The van der Waals surface area contributed by atoms with Gasteiger partial charge >= 0.3 is 11.9 Å². The average molecular weight is 535 g/mol. The summed E-state index contributed by atoms with van der Waals surface area (Å²) in [6.07, 6.45) is 8.51. The highest BCUT2D eigenvalue weighted by atomic mass is 16.6. The van der Waals surface area contributed by atoms with Crippen LogP contribution in [0.25, 0.3) is 0 Å². The Kier molecular flexibility index (Phi) is 8.13. The van der Waals surface area contributed by atoms with Crippen molar-refractivity contribution >= 4 is 11.9 Å². The van der Waals surface area contributed by atoms with Gasteiger partial charge in [-0.25, -0.2) is 0 Å². The smallest absolute Gasteiger partial charge is 0.303 e. The molecule has 0 amide bonds. The second-order valence-corrected chi connectivity index (χ2v) is 14.9. The first-order valence-corrected chi connectivity index (χ1v) is 15.3. The molecule has 38 heavy (non-hydrogen) atoms. The standard InChI is InChI=1S/C32H54O6/c1-19(9-10-20(2)29(5,6)35)25-11-12-26-24-17-28(38-22(4)34)32(36)18-23(37-21(3)33)13-16-31(32,8)27(24)14-15-30(25,26)7/h19-20,23-28,35-36H,9-18H2,1-8H3/t19-,20+,23+,24+,25-,26+,27+,28-,30-,31-,32+/m1/s1. The highest BCUT2D eigenvalue weighted by Crippen LogP contribution is 2.69. The average Bonchev–Trinajstić information content (AvgIpc) is 3.15. The molecule has 0 heterocycles. The van der Waals surface area contributed by atoms with E-state index in [-0.39, 0.29) is 34.8 Å². The number of fused-ring (bicyclic) bond motifs is 5. The highest BCUT2D eigenvalue weighted by molar-refractivity contribution is 5.66. The topological polar surface area (TPSA) is 93.1 Å². The maximum atomic E-state index is 12.3. The van der Waals surface area contributed by atoms with Gasteiger partial charge in [-0.05, 0) is 106 Å². The Labute approximate surface area is 230 Å². The summed E-state index contributed by atoms with van der Waals surface area (Å²) in [6.45, 7) is 16.0. The molecule has 0 aromatic heterocycles. The lowest BCUT2D eigenvalue weighted by atomic mass is 9.42. The Morgan fingerprint density at radius 2 is 1.61 bits per heavy atom. The van der Waals surface area contributed by atoms with E-state index in [1.54, 1.807) is 0 Å². The van der Waals surface area contributed by atoms with E-state index in [2.05, 4.69) is 27.7 Å². The predicted octanol–water partition coefficient (Wildman–Crippen LogP) is 6.06. The molecule has 4 saturated carbocycles. The Balaban J connectivity index is 1.57. The van der Waals surface area contributed by atoms with Crippen LogP contribution in [0, 0.1) is 46.3 Å². The van der Waals surface area contributed by atoms with E-state index in [1.807, 2.05) is 13.8 Å². The number of carbonyl (C=O) groups is 2. The fourth-order valence-corrected chi connectivity index (χ4v) is 9.94. The van der Waals surface area contributed by atoms with E-state index in [1.165, 1.54) is 33.1 Å². The van der Waals surface area contributed by atoms with Crippen molar-refractivity contribution in [1.82, 2.24) is 0 Å². The molecule has 0 aromatic carbocycles. The quantitative estimate of drug-likeness (QED) is 0.386. The lowest BCUT2D eigenvalue weighted by Crippen LogP contribution is -2.69. The van der Waals surface area contributed by atoms with Crippen LogP contribution in [0.5, 0.6) is 0 Å². The molecule has 2 N–H and O–H groups in total. The van der Waals surface area contributed by atoms with Gasteiger partial charge in [0, 0.05) is 25.7 Å². The first kappa shape index (κ1) is 29.8. The minimum Gasteiger partial charge on any atom is -0.462 e.